The lowest BCUT2D eigenvalue weighted by Crippen LogP contribution is -2.31. The Hall–Kier alpha value is -9.92. The maximum absolute atomic E-state index is 6.89. The summed E-state index contributed by atoms with van der Waals surface area (Å²) >= 11 is 3.70. The van der Waals surface area contributed by atoms with E-state index >= 15 is 0 Å². The molecule has 0 saturated carbocycles. The van der Waals surface area contributed by atoms with Gasteiger partial charge in [0.2, 0.25) is 0 Å². The second-order valence-corrected chi connectivity index (χ2v) is 24.7. The maximum atomic E-state index is 6.89. The molecule has 7 heteroatoms. The molecule has 0 N–H and O–H groups in total. The quantitative estimate of drug-likeness (QED) is 0.107. The van der Waals surface area contributed by atoms with Gasteiger partial charge in [-0.25, -0.2) is 4.98 Å². The van der Waals surface area contributed by atoms with E-state index in [1.54, 1.807) is 0 Å². The van der Waals surface area contributed by atoms with Crippen LogP contribution in [0.1, 0.15) is 26.3 Å². The van der Waals surface area contributed by atoms with Crippen LogP contribution in [0.2, 0.25) is 0 Å². The molecule has 16 aromatic rings. The number of thiophene rings is 2. The van der Waals surface area contributed by atoms with Crippen LogP contribution < -0.4 is 9.30 Å². The van der Waals surface area contributed by atoms with Gasteiger partial charge in [-0.05, 0) is 153 Å². The third-order valence-corrected chi connectivity index (χ3v) is 18.7. The van der Waals surface area contributed by atoms with Gasteiger partial charge in [-0.15, -0.1) is 22.7 Å². The number of imidazole rings is 1. The van der Waals surface area contributed by atoms with Crippen LogP contribution in [0.25, 0.3) is 135 Å². The first-order chi connectivity index (χ1) is 40.7. The Bertz CT molecular complexity index is 5060. The fourth-order valence-electron chi connectivity index (χ4n) is 12.3. The number of pyridine rings is 1. The van der Waals surface area contributed by atoms with Crippen LogP contribution >= 0.6 is 22.7 Å². The molecule has 0 radical (unpaired) electrons. The van der Waals surface area contributed by atoms with Gasteiger partial charge >= 0.3 is 0 Å². The Labute approximate surface area is 488 Å². The Balaban J connectivity index is 0.852. The normalized spacial score (nSPS) is 12.0. The Morgan fingerprint density at radius 1 is 0.410 bits per heavy atom. The smallest absolute Gasteiger partial charge is 0.269 e. The van der Waals surface area contributed by atoms with Crippen LogP contribution in [-0.2, 0) is 5.41 Å². The van der Waals surface area contributed by atoms with E-state index in [9.17, 15) is 0 Å². The summed E-state index contributed by atoms with van der Waals surface area (Å²) in [7, 11) is 0. The van der Waals surface area contributed by atoms with Crippen molar-refractivity contribution >= 4 is 95.9 Å². The minimum Gasteiger partial charge on any atom is -0.458 e. The summed E-state index contributed by atoms with van der Waals surface area (Å²) < 4.78 is 18.7. The zero-order valence-electron chi connectivity index (χ0n) is 45.8. The highest BCUT2D eigenvalue weighted by Crippen LogP contribution is 2.44. The van der Waals surface area contributed by atoms with Crippen molar-refractivity contribution in [2.24, 2.45) is 0 Å². The molecule has 0 aliphatic carbocycles. The first kappa shape index (κ1) is 48.9. The molecule has 0 aliphatic heterocycles. The van der Waals surface area contributed by atoms with E-state index in [0.29, 0.717) is 0 Å². The summed E-state index contributed by atoms with van der Waals surface area (Å²) in [5, 5.41) is 7.33. The summed E-state index contributed by atoms with van der Waals surface area (Å²) in [6.07, 6.45) is 5.88. The second-order valence-electron chi connectivity index (χ2n) is 22.5. The zero-order valence-corrected chi connectivity index (χ0v) is 47.5. The predicted octanol–water partition coefficient (Wildman–Crippen LogP) is 20.7. The Kier molecular flexibility index (Phi) is 11.4. The summed E-state index contributed by atoms with van der Waals surface area (Å²) in [6, 6.07) is 92.3. The highest BCUT2D eigenvalue weighted by Gasteiger charge is 2.23. The van der Waals surface area contributed by atoms with Crippen molar-refractivity contribution < 1.29 is 9.30 Å². The molecule has 0 spiro atoms. The van der Waals surface area contributed by atoms with Crippen molar-refractivity contribution in [3.8, 4) is 73.2 Å². The molecule has 5 aromatic heterocycles. The van der Waals surface area contributed by atoms with Crippen LogP contribution in [0, 0.1) is 6.33 Å². The minimum absolute atomic E-state index is 0.0327. The molecule has 5 nitrogen and oxygen atoms in total. The molecule has 0 aliphatic rings. The Morgan fingerprint density at radius 3 is 1.57 bits per heavy atom. The molecule has 0 bridgehead atoms. The van der Waals surface area contributed by atoms with Crippen LogP contribution in [0.5, 0.6) is 11.5 Å². The number of nitrogens with zero attached hydrogens (tertiary/aromatic N) is 4. The van der Waals surface area contributed by atoms with Gasteiger partial charge in [-0.1, -0.05) is 172 Å². The van der Waals surface area contributed by atoms with Gasteiger partial charge in [0.25, 0.3) is 6.33 Å². The number of ether oxygens (including phenoxy) is 1. The van der Waals surface area contributed by atoms with Crippen LogP contribution in [0.3, 0.4) is 0 Å². The standard InChI is InChI=1S/C76H52N4OS2/c1-76(2,3)54-38-39-77-74(44-54)80-66-25-11-10-22-60(66)61-33-32-57(46-69(61)80)81-56-21-14-20-55(45-56)78-47-79(68-27-13-12-26-67(68)78)75-58(52-30-36-72-64(42-52)62-40-50(28-34-70(62)82-72)48-16-6-4-7-17-48)23-15-24-59(75)53-31-37-73-65(43-53)63-41-51(29-35-71(63)83-73)49-18-8-5-9-19-49/h4-46H,1-3H3. The SMILES string of the molecule is CC(C)(C)c1ccnc(-n2c3ccccc3c3ccc(Oc4cccc(-n5[c-][n+](-c6c(-c7ccc8sc9ccc(-c%10ccccc%10)cc9c8c7)cccc6-c6ccc7sc8ccc(-c9ccccc9)cc8c7c6)c6ccccc65)c4)cc32)c1. The lowest BCUT2D eigenvalue weighted by atomic mass is 9.88. The zero-order chi connectivity index (χ0) is 55.3. The van der Waals surface area contributed by atoms with E-state index in [0.717, 1.165) is 78.4 Å². The van der Waals surface area contributed by atoms with E-state index in [1.165, 1.54) is 73.5 Å². The summed E-state index contributed by atoms with van der Waals surface area (Å²) in [5.41, 5.74) is 16.7. The highest BCUT2D eigenvalue weighted by molar-refractivity contribution is 7.26. The first-order valence-electron chi connectivity index (χ1n) is 28.1. The fraction of sp³-hybridized carbons (Fsp3) is 0.0526. The lowest BCUT2D eigenvalue weighted by molar-refractivity contribution is -0.571. The maximum Gasteiger partial charge on any atom is 0.269 e. The monoisotopic (exact) mass is 1100 g/mol. The van der Waals surface area contributed by atoms with E-state index in [1.807, 2.05) is 34.9 Å². The number of benzene rings is 11. The molecule has 394 valence electrons. The summed E-state index contributed by atoms with van der Waals surface area (Å²) in [4.78, 5) is 4.93. The van der Waals surface area contributed by atoms with Crippen molar-refractivity contribution in [1.82, 2.24) is 14.1 Å². The van der Waals surface area contributed by atoms with Gasteiger partial charge in [0.1, 0.15) is 17.3 Å². The average molecular weight is 1100 g/mol. The molecule has 0 atom stereocenters. The lowest BCUT2D eigenvalue weighted by Gasteiger charge is -2.20. The van der Waals surface area contributed by atoms with Gasteiger partial charge in [-0.3, -0.25) is 13.7 Å². The minimum atomic E-state index is -0.0327. The van der Waals surface area contributed by atoms with Crippen molar-refractivity contribution in [2.75, 3.05) is 0 Å². The number of hydrogen-bond acceptors (Lipinski definition) is 4. The number of fused-ring (bicyclic) bond motifs is 10. The predicted molar refractivity (Wildman–Crippen MR) is 349 cm³/mol. The topological polar surface area (TPSA) is 35.9 Å². The fourth-order valence-corrected chi connectivity index (χ4v) is 14.4. The number of para-hydroxylation sites is 4. The summed E-state index contributed by atoms with van der Waals surface area (Å²) in [6.45, 7) is 6.73. The van der Waals surface area contributed by atoms with Gasteiger partial charge in [-0.2, -0.15) is 0 Å². The molecule has 0 unspecified atom stereocenters. The second kappa shape index (κ2) is 19.4. The number of hydrogen-bond donors (Lipinski definition) is 0. The molecule has 0 amide bonds. The van der Waals surface area contributed by atoms with Gasteiger partial charge < -0.3 is 4.74 Å². The third-order valence-electron chi connectivity index (χ3n) is 16.4. The molecule has 83 heavy (non-hydrogen) atoms. The molecule has 16 rings (SSSR count). The van der Waals surface area contributed by atoms with Crippen LogP contribution in [-0.4, -0.2) is 14.1 Å². The van der Waals surface area contributed by atoms with E-state index < -0.39 is 0 Å². The molecule has 11 aromatic carbocycles. The largest absolute Gasteiger partial charge is 0.458 e. The van der Waals surface area contributed by atoms with Crippen molar-refractivity contribution in [3.05, 3.63) is 273 Å². The van der Waals surface area contributed by atoms with Crippen molar-refractivity contribution in [1.29, 1.82) is 0 Å². The van der Waals surface area contributed by atoms with Crippen molar-refractivity contribution in [3.63, 3.8) is 0 Å². The molecule has 0 saturated heterocycles. The van der Waals surface area contributed by atoms with Crippen molar-refractivity contribution in [2.45, 2.75) is 26.2 Å². The number of rotatable bonds is 9. The van der Waals surface area contributed by atoms with Gasteiger partial charge in [0.15, 0.2) is 0 Å². The molecule has 5 heterocycles. The third kappa shape index (κ3) is 8.42. The molecule has 0 fully saturated rings. The Morgan fingerprint density at radius 2 is 0.940 bits per heavy atom. The highest BCUT2D eigenvalue weighted by atomic mass is 32.1. The first-order valence-corrected chi connectivity index (χ1v) is 29.8. The van der Waals surface area contributed by atoms with E-state index in [2.05, 4.69) is 290 Å². The van der Waals surface area contributed by atoms with Gasteiger partial charge in [0, 0.05) is 63.4 Å². The summed E-state index contributed by atoms with van der Waals surface area (Å²) in [5.74, 6) is 2.33. The number of aromatic nitrogens is 4. The van der Waals surface area contributed by atoms with Gasteiger partial charge in [0.05, 0.1) is 33.4 Å². The van der Waals surface area contributed by atoms with Crippen LogP contribution in [0.15, 0.2) is 261 Å². The van der Waals surface area contributed by atoms with Crippen LogP contribution in [0.4, 0.5) is 0 Å². The van der Waals surface area contributed by atoms with E-state index in [4.69, 9.17) is 9.72 Å². The average Bonchev–Trinajstić information content (AvgIpc) is 3.60. The van der Waals surface area contributed by atoms with E-state index in [-0.39, 0.29) is 5.41 Å². The molecular formula is C76H52N4OS2. The molecular weight excluding hydrogens is 1050 g/mol.